The molecular formula is C20H23N7O2. The Balaban J connectivity index is 1.85. The van der Waals surface area contributed by atoms with Crippen molar-refractivity contribution in [2.75, 3.05) is 11.9 Å². The standard InChI is InChI=1S/C20H23N7O2/c1-2-15(18(22)29)26-20-24-11-14(17(21)28)19(27-20)25-13-7-5-6-12(10-13)16-8-3-4-9-23-16/h3-10,14-15H,2,11H2,1H3,(H2,21,28)(H2,22,29)(H2,24,25,26,27). The number of pyridine rings is 1. The van der Waals surface area contributed by atoms with Crippen LogP contribution in [0.4, 0.5) is 5.69 Å². The molecule has 0 fully saturated rings. The summed E-state index contributed by atoms with van der Waals surface area (Å²) < 4.78 is 0. The Bertz CT molecular complexity index is 956. The second-order valence-electron chi connectivity index (χ2n) is 6.54. The number of amidine groups is 1. The predicted octanol–water partition coefficient (Wildman–Crippen LogP) is 0.884. The van der Waals surface area contributed by atoms with Crippen LogP contribution < -0.4 is 22.1 Å². The quantitative estimate of drug-likeness (QED) is 0.575. The number of nitrogens with zero attached hydrogens (tertiary/aromatic N) is 3. The van der Waals surface area contributed by atoms with Gasteiger partial charge in [-0.25, -0.2) is 4.99 Å². The molecule has 0 aliphatic carbocycles. The molecule has 2 aromatic rings. The van der Waals surface area contributed by atoms with E-state index in [-0.39, 0.29) is 12.5 Å². The summed E-state index contributed by atoms with van der Waals surface area (Å²) in [5.74, 6) is -1.15. The van der Waals surface area contributed by atoms with Gasteiger partial charge in [-0.3, -0.25) is 14.6 Å². The van der Waals surface area contributed by atoms with Gasteiger partial charge in [0.15, 0.2) is 0 Å². The van der Waals surface area contributed by atoms with Crippen LogP contribution >= 0.6 is 0 Å². The Morgan fingerprint density at radius 3 is 2.69 bits per heavy atom. The van der Waals surface area contributed by atoms with Gasteiger partial charge in [0.1, 0.15) is 17.8 Å². The van der Waals surface area contributed by atoms with Crippen molar-refractivity contribution in [1.29, 1.82) is 0 Å². The topological polar surface area (TPSA) is 148 Å². The number of amides is 2. The summed E-state index contributed by atoms with van der Waals surface area (Å²) in [6, 6.07) is 12.6. The summed E-state index contributed by atoms with van der Waals surface area (Å²) in [4.78, 5) is 36.3. The maximum Gasteiger partial charge on any atom is 0.239 e. The molecule has 1 aliphatic rings. The summed E-state index contributed by atoms with van der Waals surface area (Å²) in [5, 5.41) is 6.06. The number of rotatable bonds is 6. The zero-order valence-corrected chi connectivity index (χ0v) is 16.0. The Morgan fingerprint density at radius 1 is 1.21 bits per heavy atom. The number of nitrogens with one attached hydrogen (secondary N) is 2. The fourth-order valence-corrected chi connectivity index (χ4v) is 2.88. The molecule has 2 unspecified atom stereocenters. The van der Waals surface area contributed by atoms with E-state index >= 15 is 0 Å². The van der Waals surface area contributed by atoms with Gasteiger partial charge in [-0.05, 0) is 30.7 Å². The average Bonchev–Trinajstić information content (AvgIpc) is 2.72. The minimum absolute atomic E-state index is 0.124. The van der Waals surface area contributed by atoms with E-state index in [1.54, 1.807) is 6.20 Å². The van der Waals surface area contributed by atoms with E-state index in [1.807, 2.05) is 49.4 Å². The first-order chi connectivity index (χ1) is 14.0. The van der Waals surface area contributed by atoms with E-state index in [0.717, 1.165) is 16.9 Å². The van der Waals surface area contributed by atoms with Gasteiger partial charge >= 0.3 is 0 Å². The second kappa shape index (κ2) is 8.96. The Kier molecular flexibility index (Phi) is 6.18. The Hall–Kier alpha value is -3.75. The lowest BCUT2D eigenvalue weighted by Gasteiger charge is -2.23. The van der Waals surface area contributed by atoms with Crippen LogP contribution in [-0.4, -0.2) is 41.2 Å². The first-order valence-electron chi connectivity index (χ1n) is 9.24. The van der Waals surface area contributed by atoms with Gasteiger partial charge in [0.25, 0.3) is 0 Å². The summed E-state index contributed by atoms with van der Waals surface area (Å²) >= 11 is 0. The summed E-state index contributed by atoms with van der Waals surface area (Å²) in [6.45, 7) is 1.95. The van der Waals surface area contributed by atoms with Crippen LogP contribution in [0.15, 0.2) is 58.6 Å². The molecule has 9 heteroatoms. The molecule has 2 atom stereocenters. The maximum absolute atomic E-state index is 11.9. The molecule has 6 N–H and O–H groups in total. The Morgan fingerprint density at radius 2 is 2.03 bits per heavy atom. The van der Waals surface area contributed by atoms with Gasteiger partial charge in [-0.1, -0.05) is 25.1 Å². The number of benzene rings is 1. The largest absolute Gasteiger partial charge is 0.369 e. The SMILES string of the molecule is CCC(NC1=NCC(C(N)=O)C(Nc2cccc(-c3ccccn3)c2)=N1)C(N)=O. The van der Waals surface area contributed by atoms with Crippen molar-refractivity contribution in [3.05, 3.63) is 48.7 Å². The highest BCUT2D eigenvalue weighted by Crippen LogP contribution is 2.21. The van der Waals surface area contributed by atoms with E-state index < -0.39 is 23.8 Å². The molecule has 0 bridgehead atoms. The smallest absolute Gasteiger partial charge is 0.239 e. The van der Waals surface area contributed by atoms with Crippen molar-refractivity contribution in [3.8, 4) is 11.3 Å². The predicted molar refractivity (Wildman–Crippen MR) is 112 cm³/mol. The van der Waals surface area contributed by atoms with Crippen LogP contribution in [0.3, 0.4) is 0 Å². The molecule has 2 amide bonds. The molecule has 0 saturated heterocycles. The van der Waals surface area contributed by atoms with Crippen LogP contribution in [0.25, 0.3) is 11.3 Å². The van der Waals surface area contributed by atoms with Crippen LogP contribution in [0.1, 0.15) is 13.3 Å². The van der Waals surface area contributed by atoms with Gasteiger partial charge in [0, 0.05) is 17.4 Å². The lowest BCUT2D eigenvalue weighted by Crippen LogP contribution is -2.47. The third-order valence-electron chi connectivity index (χ3n) is 4.47. The molecule has 9 nitrogen and oxygen atoms in total. The van der Waals surface area contributed by atoms with Crippen LogP contribution in [0, 0.1) is 5.92 Å². The minimum atomic E-state index is -0.701. The Labute approximate surface area is 168 Å². The second-order valence-corrected chi connectivity index (χ2v) is 6.54. The normalized spacial score (nSPS) is 16.9. The number of hydrogen-bond donors (Lipinski definition) is 4. The van der Waals surface area contributed by atoms with Crippen LogP contribution in [-0.2, 0) is 9.59 Å². The molecule has 0 radical (unpaired) electrons. The van der Waals surface area contributed by atoms with E-state index in [9.17, 15) is 9.59 Å². The monoisotopic (exact) mass is 393 g/mol. The highest BCUT2D eigenvalue weighted by Gasteiger charge is 2.27. The third-order valence-corrected chi connectivity index (χ3v) is 4.47. The first kappa shape index (κ1) is 20.0. The number of nitrogens with two attached hydrogens (primary N) is 2. The fraction of sp³-hybridized carbons (Fsp3) is 0.250. The number of hydrogen-bond acceptors (Lipinski definition) is 7. The van der Waals surface area contributed by atoms with Crippen molar-refractivity contribution >= 4 is 29.3 Å². The number of anilines is 1. The van der Waals surface area contributed by atoms with Crippen molar-refractivity contribution in [2.24, 2.45) is 27.4 Å². The molecule has 0 spiro atoms. The zero-order valence-electron chi connectivity index (χ0n) is 16.0. The van der Waals surface area contributed by atoms with Crippen molar-refractivity contribution in [3.63, 3.8) is 0 Å². The molecule has 1 aromatic heterocycles. The van der Waals surface area contributed by atoms with Crippen molar-refractivity contribution in [2.45, 2.75) is 19.4 Å². The summed E-state index contributed by atoms with van der Waals surface area (Å²) in [5.41, 5.74) is 13.3. The number of primary amides is 2. The van der Waals surface area contributed by atoms with Gasteiger partial charge in [-0.15, -0.1) is 0 Å². The summed E-state index contributed by atoms with van der Waals surface area (Å²) in [7, 11) is 0. The van der Waals surface area contributed by atoms with Gasteiger partial charge in [0.2, 0.25) is 17.8 Å². The molecular weight excluding hydrogens is 370 g/mol. The molecule has 2 heterocycles. The van der Waals surface area contributed by atoms with E-state index in [0.29, 0.717) is 12.3 Å². The number of carbonyl (C=O) groups excluding carboxylic acids is 2. The number of aliphatic imine (C=N–C) groups is 2. The van der Waals surface area contributed by atoms with E-state index in [2.05, 4.69) is 25.6 Å². The lowest BCUT2D eigenvalue weighted by atomic mass is 10.1. The molecule has 1 aliphatic heterocycles. The summed E-state index contributed by atoms with van der Waals surface area (Å²) in [6.07, 6.45) is 2.21. The number of aromatic nitrogens is 1. The lowest BCUT2D eigenvalue weighted by molar-refractivity contribution is -0.120. The molecule has 1 aromatic carbocycles. The maximum atomic E-state index is 11.9. The molecule has 29 heavy (non-hydrogen) atoms. The van der Waals surface area contributed by atoms with Crippen LogP contribution in [0.5, 0.6) is 0 Å². The number of guanidine groups is 1. The van der Waals surface area contributed by atoms with Gasteiger partial charge in [-0.2, -0.15) is 4.99 Å². The average molecular weight is 393 g/mol. The van der Waals surface area contributed by atoms with E-state index in [4.69, 9.17) is 11.5 Å². The van der Waals surface area contributed by atoms with Gasteiger partial charge in [0.05, 0.1) is 12.2 Å². The molecule has 150 valence electrons. The molecule has 3 rings (SSSR count). The zero-order chi connectivity index (χ0) is 20.8. The molecule has 0 saturated carbocycles. The minimum Gasteiger partial charge on any atom is -0.369 e. The fourth-order valence-electron chi connectivity index (χ4n) is 2.88. The van der Waals surface area contributed by atoms with Gasteiger partial charge < -0.3 is 22.1 Å². The highest BCUT2D eigenvalue weighted by molar-refractivity contribution is 6.14. The third kappa shape index (κ3) is 4.95. The highest BCUT2D eigenvalue weighted by atomic mass is 16.1. The van der Waals surface area contributed by atoms with Crippen molar-refractivity contribution < 1.29 is 9.59 Å². The van der Waals surface area contributed by atoms with E-state index in [1.165, 1.54) is 0 Å². The number of carbonyl (C=O) groups is 2. The van der Waals surface area contributed by atoms with Crippen molar-refractivity contribution in [1.82, 2.24) is 10.3 Å². The first-order valence-corrected chi connectivity index (χ1v) is 9.24. The van der Waals surface area contributed by atoms with Crippen LogP contribution in [0.2, 0.25) is 0 Å².